The maximum absolute atomic E-state index is 13.3. The summed E-state index contributed by atoms with van der Waals surface area (Å²) in [6, 6.07) is 22.2. The predicted molar refractivity (Wildman–Crippen MR) is 218 cm³/mol. The van der Waals surface area contributed by atoms with E-state index in [0.717, 1.165) is 62.4 Å². The molecule has 0 aliphatic rings. The Morgan fingerprint density at radius 3 is 1.87 bits per heavy atom. The van der Waals surface area contributed by atoms with Crippen LogP contribution in [-0.4, -0.2) is 81.1 Å². The average molecular weight is 784 g/mol. The lowest BCUT2D eigenvalue weighted by molar-refractivity contribution is -0.114. The summed E-state index contributed by atoms with van der Waals surface area (Å²) in [5, 5.41) is 32.3. The number of halogens is 1. The third-order valence-corrected chi connectivity index (χ3v) is 11.1. The number of carbonyl (C=O) groups is 1. The van der Waals surface area contributed by atoms with Crippen molar-refractivity contribution in [3.05, 3.63) is 103 Å². The second-order valence-electron chi connectivity index (χ2n) is 13.0. The fourth-order valence-corrected chi connectivity index (χ4v) is 7.48. The smallest absolute Gasteiger partial charge is 0.222 e. The highest BCUT2D eigenvalue weighted by molar-refractivity contribution is 7.99. The number of carbonyl (C=O) groups excluding carboxylic acids is 1. The average Bonchev–Trinajstić information content (AvgIpc) is 3.71. The van der Waals surface area contributed by atoms with Crippen LogP contribution < -0.4 is 5.32 Å². The molecule has 2 aromatic carbocycles. The van der Waals surface area contributed by atoms with Crippen LogP contribution in [-0.2, 0) is 25.3 Å². The standard InChI is InChI=1S/C23H28N4O2S.C18H18FN3O2S/c1-5-17-6-8-18(9-7-17)21-22(19-10-11-24-20(12-19)25-16(3)29)27(4)23(26-21)30-14-15(2)13-28;1-22-17(13-6-8-20-9-7-13)16(12-2-4-14(19)5-3-12)21-18(22)25-11-15(24)10-23/h6-12,15,28H,5,13-14H2,1-4H3,(H,24,25,29);2-9,15,23-24H,10-11H2,1H3. The van der Waals surface area contributed by atoms with Crippen LogP contribution in [0.4, 0.5) is 10.2 Å². The fourth-order valence-electron chi connectivity index (χ4n) is 5.61. The van der Waals surface area contributed by atoms with Gasteiger partial charge in [-0.25, -0.2) is 19.3 Å². The number of nitrogens with zero attached hydrogens (tertiary/aromatic N) is 6. The summed E-state index contributed by atoms with van der Waals surface area (Å²) in [6.45, 7) is 5.48. The van der Waals surface area contributed by atoms with Crippen molar-refractivity contribution < 1.29 is 24.5 Å². The summed E-state index contributed by atoms with van der Waals surface area (Å²) < 4.78 is 17.3. The number of amides is 1. The van der Waals surface area contributed by atoms with Gasteiger partial charge in [0.15, 0.2) is 10.3 Å². The molecule has 0 spiro atoms. The predicted octanol–water partition coefficient (Wildman–Crippen LogP) is 7.12. The van der Waals surface area contributed by atoms with E-state index in [9.17, 15) is 19.4 Å². The Balaban J connectivity index is 0.000000214. The monoisotopic (exact) mass is 783 g/mol. The van der Waals surface area contributed by atoms with Crippen LogP contribution in [0.25, 0.3) is 45.0 Å². The van der Waals surface area contributed by atoms with Gasteiger partial charge in [0.25, 0.3) is 0 Å². The molecule has 0 radical (unpaired) electrons. The molecule has 0 aliphatic carbocycles. The normalized spacial score (nSPS) is 12.2. The molecule has 6 aromatic rings. The number of hydrogen-bond donors (Lipinski definition) is 4. The molecule has 4 heterocycles. The molecule has 2 atom stereocenters. The van der Waals surface area contributed by atoms with E-state index < -0.39 is 6.10 Å². The molecule has 14 heteroatoms. The number of rotatable bonds is 14. The Morgan fingerprint density at radius 1 is 0.782 bits per heavy atom. The number of nitrogens with one attached hydrogen (secondary N) is 1. The fraction of sp³-hybridized carbons (Fsp3) is 0.293. The maximum Gasteiger partial charge on any atom is 0.222 e. The van der Waals surface area contributed by atoms with Crippen LogP contribution in [0.3, 0.4) is 0 Å². The van der Waals surface area contributed by atoms with Crippen molar-refractivity contribution in [2.24, 2.45) is 20.0 Å². The highest BCUT2D eigenvalue weighted by Gasteiger charge is 2.21. The summed E-state index contributed by atoms with van der Waals surface area (Å²) in [4.78, 5) is 29.4. The molecule has 1 amide bonds. The second-order valence-corrected chi connectivity index (χ2v) is 14.9. The summed E-state index contributed by atoms with van der Waals surface area (Å²) in [5.41, 5.74) is 8.46. The molecule has 55 heavy (non-hydrogen) atoms. The first-order chi connectivity index (χ1) is 26.5. The highest BCUT2D eigenvalue weighted by atomic mass is 32.2. The zero-order valence-corrected chi connectivity index (χ0v) is 33.1. The van der Waals surface area contributed by atoms with Crippen LogP contribution in [0, 0.1) is 11.7 Å². The van der Waals surface area contributed by atoms with Crippen molar-refractivity contribution in [1.29, 1.82) is 0 Å². The van der Waals surface area contributed by atoms with Gasteiger partial charge in [-0.2, -0.15) is 0 Å². The van der Waals surface area contributed by atoms with Gasteiger partial charge < -0.3 is 29.8 Å². The molecule has 4 aromatic heterocycles. The molecule has 11 nitrogen and oxygen atoms in total. The Bertz CT molecular complexity index is 2160. The zero-order chi connectivity index (χ0) is 39.5. The van der Waals surface area contributed by atoms with E-state index >= 15 is 0 Å². The summed E-state index contributed by atoms with van der Waals surface area (Å²) >= 11 is 2.99. The summed E-state index contributed by atoms with van der Waals surface area (Å²) in [7, 11) is 3.89. The van der Waals surface area contributed by atoms with Gasteiger partial charge in [-0.1, -0.05) is 61.6 Å². The third kappa shape index (κ3) is 10.7. The van der Waals surface area contributed by atoms with Crippen LogP contribution in [0.15, 0.2) is 102 Å². The SMILES string of the molecule is CCc1ccc(-c2nc(SCC(C)CO)n(C)c2-c2ccnc(NC(C)=O)c2)cc1.Cn1c(SCC(O)CO)nc(-c2ccc(F)cc2)c1-c1ccncc1. The van der Waals surface area contributed by atoms with E-state index in [1.807, 2.05) is 49.9 Å². The number of thioether (sulfide) groups is 2. The van der Waals surface area contributed by atoms with E-state index in [2.05, 4.69) is 56.0 Å². The molecule has 2 unspecified atom stereocenters. The van der Waals surface area contributed by atoms with Crippen molar-refractivity contribution in [2.45, 2.75) is 43.6 Å². The van der Waals surface area contributed by atoms with E-state index in [1.165, 1.54) is 36.4 Å². The van der Waals surface area contributed by atoms with Crippen molar-refractivity contribution in [3.8, 4) is 45.0 Å². The molecule has 0 bridgehead atoms. The largest absolute Gasteiger partial charge is 0.396 e. The van der Waals surface area contributed by atoms with Gasteiger partial charge in [0, 0.05) is 80.0 Å². The van der Waals surface area contributed by atoms with E-state index in [4.69, 9.17) is 10.1 Å². The van der Waals surface area contributed by atoms with E-state index in [1.54, 1.807) is 42.5 Å². The van der Waals surface area contributed by atoms with Gasteiger partial charge in [0.2, 0.25) is 5.91 Å². The quantitative estimate of drug-likeness (QED) is 0.0841. The molecule has 0 saturated carbocycles. The second kappa shape index (κ2) is 19.6. The lowest BCUT2D eigenvalue weighted by Crippen LogP contribution is -2.15. The lowest BCUT2D eigenvalue weighted by Gasteiger charge is -2.10. The number of aryl methyl sites for hydroxylation is 1. The van der Waals surface area contributed by atoms with Crippen molar-refractivity contribution in [2.75, 3.05) is 30.0 Å². The first-order valence-electron chi connectivity index (χ1n) is 17.8. The van der Waals surface area contributed by atoms with Gasteiger partial charge in [0.1, 0.15) is 11.6 Å². The molecule has 0 saturated heterocycles. The van der Waals surface area contributed by atoms with Crippen LogP contribution >= 0.6 is 23.5 Å². The molecule has 6 rings (SSSR count). The Morgan fingerprint density at radius 2 is 1.33 bits per heavy atom. The minimum atomic E-state index is -0.805. The van der Waals surface area contributed by atoms with Gasteiger partial charge in [-0.15, -0.1) is 0 Å². The number of benzene rings is 2. The highest BCUT2D eigenvalue weighted by Crippen LogP contribution is 2.37. The summed E-state index contributed by atoms with van der Waals surface area (Å²) in [5.74, 6) is 1.36. The van der Waals surface area contributed by atoms with Gasteiger partial charge >= 0.3 is 0 Å². The van der Waals surface area contributed by atoms with Crippen LogP contribution in [0.5, 0.6) is 0 Å². The molecular weight excluding hydrogens is 738 g/mol. The van der Waals surface area contributed by atoms with Crippen molar-refractivity contribution in [3.63, 3.8) is 0 Å². The molecule has 0 fully saturated rings. The minimum absolute atomic E-state index is 0.153. The topological polar surface area (TPSA) is 151 Å². The van der Waals surface area contributed by atoms with E-state index in [0.29, 0.717) is 16.7 Å². The van der Waals surface area contributed by atoms with Gasteiger partial charge in [-0.05, 0) is 66.4 Å². The third-order valence-electron chi connectivity index (χ3n) is 8.58. The Labute approximate surface area is 329 Å². The first-order valence-corrected chi connectivity index (χ1v) is 19.8. The van der Waals surface area contributed by atoms with Crippen LogP contribution in [0.2, 0.25) is 0 Å². The molecule has 288 valence electrons. The van der Waals surface area contributed by atoms with Crippen LogP contribution in [0.1, 0.15) is 26.3 Å². The van der Waals surface area contributed by atoms with Gasteiger partial charge in [0.05, 0.1) is 35.5 Å². The van der Waals surface area contributed by atoms with Crippen molar-refractivity contribution >= 4 is 35.2 Å². The van der Waals surface area contributed by atoms with Crippen molar-refractivity contribution in [1.82, 2.24) is 29.1 Å². The minimum Gasteiger partial charge on any atom is -0.396 e. The molecule has 0 aliphatic heterocycles. The maximum atomic E-state index is 13.3. The first kappa shape index (κ1) is 41.3. The molecule has 4 N–H and O–H groups in total. The number of hydrogen-bond acceptors (Lipinski definition) is 10. The Kier molecular flexibility index (Phi) is 14.8. The number of pyridine rings is 2. The molecular formula is C41H46FN7O4S2. The Hall–Kier alpha value is -4.86. The number of anilines is 1. The number of aliphatic hydroxyl groups excluding tert-OH is 3. The number of aliphatic hydroxyl groups is 3. The lowest BCUT2D eigenvalue weighted by atomic mass is 10.0. The zero-order valence-electron chi connectivity index (χ0n) is 31.5. The van der Waals surface area contributed by atoms with E-state index in [-0.39, 0.29) is 30.9 Å². The number of imidazole rings is 2. The van der Waals surface area contributed by atoms with Gasteiger partial charge in [-0.3, -0.25) is 9.78 Å². The number of aromatic nitrogens is 6. The summed E-state index contributed by atoms with van der Waals surface area (Å²) in [6.07, 6.45) is 5.29.